The molecule has 0 unspecified atom stereocenters. The highest BCUT2D eigenvalue weighted by Gasteiger charge is 2.18. The van der Waals surface area contributed by atoms with E-state index in [0.29, 0.717) is 0 Å². The van der Waals surface area contributed by atoms with Crippen LogP contribution in [0.25, 0.3) is 32.3 Å². The monoisotopic (exact) mass is 593 g/mol. The fraction of sp³-hybridized carbons (Fsp3) is 0.231. The lowest BCUT2D eigenvalue weighted by atomic mass is 9.98. The zero-order valence-corrected chi connectivity index (χ0v) is 25.6. The van der Waals surface area contributed by atoms with Gasteiger partial charge in [-0.2, -0.15) is 0 Å². The van der Waals surface area contributed by atoms with Crippen LogP contribution in [0.15, 0.2) is 114 Å². The van der Waals surface area contributed by atoms with Gasteiger partial charge in [0.15, 0.2) is 0 Å². The van der Waals surface area contributed by atoms with Gasteiger partial charge in [0.05, 0.1) is 16.7 Å². The van der Waals surface area contributed by atoms with E-state index in [2.05, 4.69) is 108 Å². The van der Waals surface area contributed by atoms with Crippen LogP contribution in [0.4, 0.5) is 17.1 Å². The Bertz CT molecular complexity index is 1940. The minimum atomic E-state index is 0.731. The van der Waals surface area contributed by atoms with Crippen molar-refractivity contribution in [3.63, 3.8) is 0 Å². The third-order valence-corrected chi connectivity index (χ3v) is 9.15. The van der Waals surface area contributed by atoms with Crippen molar-refractivity contribution < 1.29 is 0 Å². The summed E-state index contributed by atoms with van der Waals surface area (Å²) in [5, 5.41) is 17.6. The molecule has 0 aliphatic carbocycles. The Labute approximate surface area is 264 Å². The van der Waals surface area contributed by atoms with E-state index in [1.807, 2.05) is 17.1 Å². The van der Waals surface area contributed by atoms with Gasteiger partial charge in [-0.15, -0.1) is 4.91 Å². The number of hydrogen-bond acceptors (Lipinski definition) is 5. The summed E-state index contributed by atoms with van der Waals surface area (Å²) >= 11 is 0. The van der Waals surface area contributed by atoms with Gasteiger partial charge >= 0.3 is 0 Å². The van der Waals surface area contributed by atoms with E-state index in [1.165, 1.54) is 67.8 Å². The van der Waals surface area contributed by atoms with Crippen molar-refractivity contribution in [2.75, 3.05) is 35.0 Å². The second-order valence-corrected chi connectivity index (χ2v) is 12.1. The molecule has 0 aromatic heterocycles. The number of anilines is 3. The second-order valence-electron chi connectivity index (χ2n) is 12.1. The van der Waals surface area contributed by atoms with Crippen molar-refractivity contribution in [2.45, 2.75) is 38.5 Å². The van der Waals surface area contributed by atoms with Crippen molar-refractivity contribution in [1.82, 2.24) is 0 Å². The molecule has 6 aromatic rings. The summed E-state index contributed by atoms with van der Waals surface area (Å²) in [6.45, 7) is 2.81. The first kappa shape index (κ1) is 28.8. The van der Waals surface area contributed by atoms with Gasteiger partial charge in [-0.3, -0.25) is 0 Å². The molecule has 0 fully saturated rings. The number of nitrogens with two attached hydrogens (primary N) is 1. The highest BCUT2D eigenvalue weighted by atomic mass is 16.3. The zero-order valence-electron chi connectivity index (χ0n) is 25.6. The molecule has 0 spiro atoms. The maximum Gasteiger partial charge on any atom is 0.0664 e. The van der Waals surface area contributed by atoms with Crippen LogP contribution in [-0.4, -0.2) is 19.6 Å². The van der Waals surface area contributed by atoms with E-state index < -0.39 is 0 Å². The van der Waals surface area contributed by atoms with Crippen LogP contribution in [0.3, 0.4) is 0 Å². The Balaban J connectivity index is 0.000000109. The molecule has 0 saturated carbocycles. The molecule has 0 bridgehead atoms. The Morgan fingerprint density at radius 2 is 1.02 bits per heavy atom. The molecule has 0 amide bonds. The van der Waals surface area contributed by atoms with Gasteiger partial charge in [-0.25, -0.2) is 10.9 Å². The smallest absolute Gasteiger partial charge is 0.0664 e. The first-order valence-corrected chi connectivity index (χ1v) is 16.1. The molecular formula is C39H39N5O. The number of rotatable bonds is 1. The summed E-state index contributed by atoms with van der Waals surface area (Å²) in [7, 11) is 0. The topological polar surface area (TPSA) is 74.0 Å². The minimum Gasteiger partial charge on any atom is -0.385 e. The summed E-state index contributed by atoms with van der Waals surface area (Å²) in [6, 6.07) is 38.5. The van der Waals surface area contributed by atoms with Crippen molar-refractivity contribution >= 4 is 49.4 Å². The van der Waals surface area contributed by atoms with Gasteiger partial charge in [0.1, 0.15) is 0 Å². The van der Waals surface area contributed by atoms with E-state index in [0.717, 1.165) is 56.4 Å². The Kier molecular flexibility index (Phi) is 8.30. The van der Waals surface area contributed by atoms with Crippen LogP contribution in [0.2, 0.25) is 0 Å². The normalized spacial score (nSPS) is 15.0. The third kappa shape index (κ3) is 6.19. The molecule has 0 saturated heterocycles. The van der Waals surface area contributed by atoms with E-state index in [4.69, 9.17) is 5.84 Å². The predicted octanol–water partition coefficient (Wildman–Crippen LogP) is 8.94. The maximum absolute atomic E-state index is 10.7. The SMILES string of the molecule is NN1CCCc2cc3ccccc3cc21.O=NN1CCCc2cc3ccccc3cc21.c1ccc2cc3c(cc2c1)CCCN3. The molecule has 6 nitrogen and oxygen atoms in total. The van der Waals surface area contributed by atoms with E-state index in [1.54, 1.807) is 5.01 Å². The summed E-state index contributed by atoms with van der Waals surface area (Å²) in [4.78, 5) is 10.7. The Morgan fingerprint density at radius 1 is 0.556 bits per heavy atom. The van der Waals surface area contributed by atoms with Crippen molar-refractivity contribution in [3.05, 3.63) is 131 Å². The van der Waals surface area contributed by atoms with Gasteiger partial charge in [-0.05, 0) is 124 Å². The lowest BCUT2D eigenvalue weighted by Crippen LogP contribution is -2.35. The lowest BCUT2D eigenvalue weighted by Gasteiger charge is -2.27. The quantitative estimate of drug-likeness (QED) is 0.147. The Hall–Kier alpha value is -4.94. The van der Waals surface area contributed by atoms with Gasteiger partial charge in [0, 0.05) is 25.3 Å². The van der Waals surface area contributed by atoms with Crippen LogP contribution in [-0.2, 0) is 19.3 Å². The number of aryl methyl sites for hydroxylation is 3. The fourth-order valence-corrected chi connectivity index (χ4v) is 6.80. The molecule has 226 valence electrons. The first-order chi connectivity index (χ1) is 22.2. The standard InChI is InChI=1S/C13H12N2O.C13H14N2.C13H13N/c16-14-15-7-3-6-12-8-10-4-1-2-5-11(10)9-13(12)15;14-15-7-3-6-12-8-10-4-1-2-5-11(10)9-13(12)15;1-2-5-11-9-13-12(6-3-7-14-13)8-10(11)4-1/h1-2,4-5,8-9H,3,6-7H2;1-2,4-5,8-9H,3,6-7,14H2;1-2,4-5,8-9,14H,3,6-7H2. The fourth-order valence-electron chi connectivity index (χ4n) is 6.80. The Morgan fingerprint density at radius 3 is 1.62 bits per heavy atom. The zero-order chi connectivity index (χ0) is 30.6. The van der Waals surface area contributed by atoms with E-state index >= 15 is 0 Å². The predicted molar refractivity (Wildman–Crippen MR) is 190 cm³/mol. The molecule has 3 heterocycles. The van der Waals surface area contributed by atoms with Gasteiger partial charge in [-0.1, -0.05) is 72.8 Å². The maximum atomic E-state index is 10.7. The molecule has 3 aliphatic rings. The largest absolute Gasteiger partial charge is 0.385 e. The molecule has 3 N–H and O–H groups in total. The molecule has 6 aromatic carbocycles. The highest BCUT2D eigenvalue weighted by molar-refractivity contribution is 5.89. The van der Waals surface area contributed by atoms with Crippen LogP contribution >= 0.6 is 0 Å². The number of hydrazine groups is 1. The molecule has 6 heteroatoms. The molecule has 0 radical (unpaired) electrons. The van der Waals surface area contributed by atoms with Crippen molar-refractivity contribution in [3.8, 4) is 0 Å². The number of fused-ring (bicyclic) bond motifs is 6. The summed E-state index contributed by atoms with van der Waals surface area (Å²) in [5.74, 6) is 5.97. The third-order valence-electron chi connectivity index (χ3n) is 9.15. The second kappa shape index (κ2) is 13.0. The minimum absolute atomic E-state index is 0.731. The number of nitrogens with one attached hydrogen (secondary N) is 1. The molecule has 9 rings (SSSR count). The average molecular weight is 594 g/mol. The summed E-state index contributed by atoms with van der Waals surface area (Å²) in [6.07, 6.45) is 6.80. The molecule has 45 heavy (non-hydrogen) atoms. The number of hydrogen-bond donors (Lipinski definition) is 2. The molecule has 0 atom stereocenters. The molecular weight excluding hydrogens is 554 g/mol. The summed E-state index contributed by atoms with van der Waals surface area (Å²) < 4.78 is 0. The summed E-state index contributed by atoms with van der Waals surface area (Å²) in [5.41, 5.74) is 7.57. The van der Waals surface area contributed by atoms with Gasteiger partial charge in [0.2, 0.25) is 0 Å². The van der Waals surface area contributed by atoms with Crippen LogP contribution in [0.1, 0.15) is 36.0 Å². The lowest BCUT2D eigenvalue weighted by molar-refractivity contribution is 0.713. The average Bonchev–Trinajstić information content (AvgIpc) is 3.09. The van der Waals surface area contributed by atoms with Gasteiger partial charge < -0.3 is 10.3 Å². The van der Waals surface area contributed by atoms with E-state index in [-0.39, 0.29) is 0 Å². The number of nitroso groups, excluding NO2 is 1. The van der Waals surface area contributed by atoms with E-state index in [9.17, 15) is 4.91 Å². The van der Waals surface area contributed by atoms with Crippen molar-refractivity contribution in [2.24, 2.45) is 11.1 Å². The highest BCUT2D eigenvalue weighted by Crippen LogP contribution is 2.32. The first-order valence-electron chi connectivity index (χ1n) is 16.1. The van der Waals surface area contributed by atoms with Crippen LogP contribution < -0.4 is 21.2 Å². The number of benzene rings is 6. The van der Waals surface area contributed by atoms with Crippen LogP contribution in [0, 0.1) is 4.91 Å². The van der Waals surface area contributed by atoms with Gasteiger partial charge in [0.25, 0.3) is 0 Å². The van der Waals surface area contributed by atoms with Crippen molar-refractivity contribution in [1.29, 1.82) is 0 Å². The number of nitrogens with zero attached hydrogens (tertiary/aromatic N) is 3. The van der Waals surface area contributed by atoms with Crippen LogP contribution in [0.5, 0.6) is 0 Å². The molecule has 3 aliphatic heterocycles.